The Hall–Kier alpha value is -0.0300. The number of carbonyl (C=O) groups is 1. The van der Waals surface area contributed by atoms with E-state index in [1.165, 1.54) is 0 Å². The zero-order valence-corrected chi connectivity index (χ0v) is 12.3. The molecule has 1 spiro atoms. The molecule has 2 N–H and O–H groups in total. The van der Waals surface area contributed by atoms with E-state index in [1.807, 2.05) is 0 Å². The molecule has 102 valence electrons. The number of hydrogen-bond acceptors (Lipinski definition) is 3. The van der Waals surface area contributed by atoms with Gasteiger partial charge in [-0.3, -0.25) is 9.69 Å². The van der Waals surface area contributed by atoms with E-state index >= 15 is 0 Å². The van der Waals surface area contributed by atoms with Crippen LogP contribution >= 0.6 is 24.8 Å². The number of rotatable bonds is 0. The van der Waals surface area contributed by atoms with Gasteiger partial charge < -0.3 is 10.6 Å². The highest BCUT2D eigenvalue weighted by Gasteiger charge is 2.49. The van der Waals surface area contributed by atoms with Crippen molar-refractivity contribution in [2.24, 2.45) is 0 Å². The van der Waals surface area contributed by atoms with Crippen molar-refractivity contribution in [2.45, 2.75) is 37.8 Å². The van der Waals surface area contributed by atoms with Crippen molar-refractivity contribution < 1.29 is 4.79 Å². The van der Waals surface area contributed by atoms with Gasteiger partial charge in [0.2, 0.25) is 5.91 Å². The standard InChI is InChI=1S/C11H21N3O.2ClH/c1-10(2)8-11(4-5-13-10)9(15)12-6-7-14(11)3;;/h13H,4-8H2,1-3H3,(H,12,15);2*1H. The maximum absolute atomic E-state index is 12.1. The second kappa shape index (κ2) is 5.74. The summed E-state index contributed by atoms with van der Waals surface area (Å²) in [6.07, 6.45) is 1.81. The summed E-state index contributed by atoms with van der Waals surface area (Å²) in [5.74, 6) is 0.214. The zero-order chi connectivity index (χ0) is 11.1. The molecule has 4 nitrogen and oxygen atoms in total. The molecule has 1 amide bonds. The topological polar surface area (TPSA) is 44.4 Å². The lowest BCUT2D eigenvalue weighted by atomic mass is 9.75. The second-order valence-corrected chi connectivity index (χ2v) is 5.45. The molecule has 2 rings (SSSR count). The Morgan fingerprint density at radius 1 is 1.24 bits per heavy atom. The monoisotopic (exact) mass is 283 g/mol. The lowest BCUT2D eigenvalue weighted by Crippen LogP contribution is -2.70. The molecule has 17 heavy (non-hydrogen) atoms. The Morgan fingerprint density at radius 3 is 2.41 bits per heavy atom. The number of likely N-dealkylation sites (N-methyl/N-ethyl adjacent to an activating group) is 1. The first-order valence-electron chi connectivity index (χ1n) is 5.71. The fourth-order valence-corrected chi connectivity index (χ4v) is 2.90. The van der Waals surface area contributed by atoms with Crippen LogP contribution in [0, 0.1) is 0 Å². The van der Waals surface area contributed by atoms with Gasteiger partial charge in [0.1, 0.15) is 5.54 Å². The predicted molar refractivity (Wildman–Crippen MR) is 74.2 cm³/mol. The highest BCUT2D eigenvalue weighted by molar-refractivity contribution is 5.87. The fourth-order valence-electron chi connectivity index (χ4n) is 2.90. The molecule has 1 unspecified atom stereocenters. The van der Waals surface area contributed by atoms with Crippen molar-refractivity contribution in [1.82, 2.24) is 15.5 Å². The van der Waals surface area contributed by atoms with Crippen LogP contribution in [0.15, 0.2) is 0 Å². The van der Waals surface area contributed by atoms with Gasteiger partial charge in [-0.2, -0.15) is 0 Å². The Labute approximate surface area is 116 Å². The molecule has 1 atom stereocenters. The molecule has 0 aliphatic carbocycles. The van der Waals surface area contributed by atoms with Gasteiger partial charge in [0.05, 0.1) is 0 Å². The van der Waals surface area contributed by atoms with Crippen LogP contribution in [0.1, 0.15) is 26.7 Å². The summed E-state index contributed by atoms with van der Waals surface area (Å²) in [5, 5.41) is 6.47. The van der Waals surface area contributed by atoms with E-state index in [1.54, 1.807) is 0 Å². The lowest BCUT2D eigenvalue weighted by molar-refractivity contribution is -0.140. The number of hydrogen-bond donors (Lipinski definition) is 2. The molecule has 0 aromatic carbocycles. The van der Waals surface area contributed by atoms with Crippen LogP contribution in [0.3, 0.4) is 0 Å². The van der Waals surface area contributed by atoms with Crippen LogP contribution in [0.4, 0.5) is 0 Å². The third-order valence-electron chi connectivity index (χ3n) is 3.76. The molecule has 6 heteroatoms. The van der Waals surface area contributed by atoms with Crippen molar-refractivity contribution in [3.63, 3.8) is 0 Å². The van der Waals surface area contributed by atoms with Crippen LogP contribution in [0.5, 0.6) is 0 Å². The average Bonchev–Trinajstić information content (AvgIpc) is 2.13. The number of nitrogens with one attached hydrogen (secondary N) is 2. The van der Waals surface area contributed by atoms with Crippen LogP contribution in [-0.4, -0.2) is 48.6 Å². The first-order chi connectivity index (χ1) is 6.96. The largest absolute Gasteiger partial charge is 0.353 e. The molecule has 0 aromatic heterocycles. The van der Waals surface area contributed by atoms with E-state index in [4.69, 9.17) is 0 Å². The van der Waals surface area contributed by atoms with Crippen molar-refractivity contribution in [3.05, 3.63) is 0 Å². The summed E-state index contributed by atoms with van der Waals surface area (Å²) >= 11 is 0. The summed E-state index contributed by atoms with van der Waals surface area (Å²) in [6.45, 7) is 7.00. The lowest BCUT2D eigenvalue weighted by Gasteiger charge is -2.51. The average molecular weight is 284 g/mol. The van der Waals surface area contributed by atoms with Crippen molar-refractivity contribution in [2.75, 3.05) is 26.7 Å². The Balaban J connectivity index is 0.00000128. The molecule has 0 radical (unpaired) electrons. The number of carbonyl (C=O) groups excluding carboxylic acids is 1. The SMILES string of the molecule is CN1CCNC(=O)C12CCNC(C)(C)C2.Cl.Cl. The van der Waals surface area contributed by atoms with Crippen LogP contribution in [-0.2, 0) is 4.79 Å². The Bertz CT molecular complexity index is 286. The first kappa shape index (κ1) is 17.0. The second-order valence-electron chi connectivity index (χ2n) is 5.45. The molecule has 0 saturated carbocycles. The van der Waals surface area contributed by atoms with Crippen molar-refractivity contribution in [1.29, 1.82) is 0 Å². The molecule has 2 fully saturated rings. The Morgan fingerprint density at radius 2 is 1.88 bits per heavy atom. The van der Waals surface area contributed by atoms with Crippen molar-refractivity contribution >= 4 is 30.7 Å². The molecule has 2 aliphatic heterocycles. The van der Waals surface area contributed by atoms with E-state index in [2.05, 4.69) is 36.4 Å². The number of piperazine rings is 1. The van der Waals surface area contributed by atoms with Gasteiger partial charge in [0.15, 0.2) is 0 Å². The van der Waals surface area contributed by atoms with Gasteiger partial charge in [-0.25, -0.2) is 0 Å². The summed E-state index contributed by atoms with van der Waals surface area (Å²) in [6, 6.07) is 0. The number of nitrogens with zero attached hydrogens (tertiary/aromatic N) is 1. The molecule has 0 aromatic rings. The van der Waals surface area contributed by atoms with Gasteiger partial charge in [-0.1, -0.05) is 0 Å². The van der Waals surface area contributed by atoms with Crippen molar-refractivity contribution in [3.8, 4) is 0 Å². The number of halogens is 2. The van der Waals surface area contributed by atoms with Gasteiger partial charge >= 0.3 is 0 Å². The van der Waals surface area contributed by atoms with Gasteiger partial charge in [-0.05, 0) is 40.3 Å². The summed E-state index contributed by atoms with van der Waals surface area (Å²) in [7, 11) is 2.07. The Kier molecular flexibility index (Phi) is 5.73. The molecular formula is C11H23Cl2N3O. The first-order valence-corrected chi connectivity index (χ1v) is 5.71. The number of piperidine rings is 1. The number of amides is 1. The third-order valence-corrected chi connectivity index (χ3v) is 3.76. The molecule has 2 saturated heterocycles. The van der Waals surface area contributed by atoms with E-state index < -0.39 is 0 Å². The minimum Gasteiger partial charge on any atom is -0.353 e. The normalized spacial score (nSPS) is 32.3. The molecule has 2 aliphatic rings. The van der Waals surface area contributed by atoms with E-state index in [-0.39, 0.29) is 41.8 Å². The smallest absolute Gasteiger partial charge is 0.240 e. The zero-order valence-electron chi connectivity index (χ0n) is 10.7. The van der Waals surface area contributed by atoms with Crippen LogP contribution in [0.25, 0.3) is 0 Å². The summed E-state index contributed by atoms with van der Waals surface area (Å²) < 4.78 is 0. The highest BCUT2D eigenvalue weighted by Crippen LogP contribution is 2.33. The minimum atomic E-state index is -0.271. The van der Waals surface area contributed by atoms with Gasteiger partial charge in [0.25, 0.3) is 0 Å². The van der Waals surface area contributed by atoms with E-state index in [0.717, 1.165) is 32.5 Å². The summed E-state index contributed by atoms with van der Waals surface area (Å²) in [4.78, 5) is 14.3. The van der Waals surface area contributed by atoms with Crippen LogP contribution < -0.4 is 10.6 Å². The van der Waals surface area contributed by atoms with E-state index in [9.17, 15) is 4.79 Å². The van der Waals surface area contributed by atoms with Gasteiger partial charge in [-0.15, -0.1) is 24.8 Å². The predicted octanol–water partition coefficient (Wildman–Crippen LogP) is 0.792. The molecule has 0 bridgehead atoms. The fraction of sp³-hybridized carbons (Fsp3) is 0.909. The van der Waals surface area contributed by atoms with Gasteiger partial charge in [0, 0.05) is 18.6 Å². The highest BCUT2D eigenvalue weighted by atomic mass is 35.5. The van der Waals surface area contributed by atoms with Crippen LogP contribution in [0.2, 0.25) is 0 Å². The molecule has 2 heterocycles. The minimum absolute atomic E-state index is 0. The summed E-state index contributed by atoms with van der Waals surface area (Å²) in [5.41, 5.74) is -0.214. The third kappa shape index (κ3) is 3.05. The quantitative estimate of drug-likeness (QED) is 0.691. The van der Waals surface area contributed by atoms with E-state index in [0.29, 0.717) is 0 Å². The maximum atomic E-state index is 12.1. The molecular weight excluding hydrogens is 261 g/mol. The maximum Gasteiger partial charge on any atom is 0.240 e.